The van der Waals surface area contributed by atoms with Crippen LogP contribution in [0.4, 0.5) is 4.39 Å². The van der Waals surface area contributed by atoms with E-state index in [1.54, 1.807) is 42.9 Å². The molecule has 1 N–H and O–H groups in total. The largest absolute Gasteiger partial charge is 0.342 e. The highest BCUT2D eigenvalue weighted by atomic mass is 19.1. The van der Waals surface area contributed by atoms with Crippen molar-refractivity contribution in [2.45, 2.75) is 26.9 Å². The molecule has 2 aromatic rings. The van der Waals surface area contributed by atoms with E-state index in [9.17, 15) is 14.0 Å². The lowest BCUT2D eigenvalue weighted by Crippen LogP contribution is -2.38. The van der Waals surface area contributed by atoms with E-state index in [0.29, 0.717) is 17.8 Å². The Morgan fingerprint density at radius 1 is 1.33 bits per heavy atom. The maximum Gasteiger partial charge on any atom is 0.269 e. The molecule has 0 bridgehead atoms. The first-order chi connectivity index (χ1) is 11.4. The number of aromatic nitrogens is 2. The number of amides is 2. The first kappa shape index (κ1) is 17.7. The molecule has 2 amide bonds. The smallest absolute Gasteiger partial charge is 0.269 e. The summed E-state index contributed by atoms with van der Waals surface area (Å²) in [5, 5.41) is 6.78. The molecule has 0 radical (unpaired) electrons. The molecule has 1 aromatic heterocycles. The second-order valence-corrected chi connectivity index (χ2v) is 5.51. The number of nitrogens with one attached hydrogen (secondary N) is 1. The van der Waals surface area contributed by atoms with Crippen LogP contribution < -0.4 is 5.32 Å². The normalized spacial score (nSPS) is 10.5. The standard InChI is InChI=1S/C17H21FN4O2/c1-4-22-15(9-12(2)20-22)17(24)19-10-16(23)21(3)11-13-7-5-6-8-14(13)18/h5-9H,4,10-11H2,1-3H3,(H,19,24). The van der Waals surface area contributed by atoms with Gasteiger partial charge in [-0.1, -0.05) is 18.2 Å². The molecule has 128 valence electrons. The number of likely N-dealkylation sites (N-methyl/N-ethyl adjacent to an activating group) is 1. The minimum absolute atomic E-state index is 0.146. The van der Waals surface area contributed by atoms with Crippen molar-refractivity contribution in [3.05, 3.63) is 53.1 Å². The minimum Gasteiger partial charge on any atom is -0.342 e. The van der Waals surface area contributed by atoms with Crippen LogP contribution in [0.1, 0.15) is 28.7 Å². The van der Waals surface area contributed by atoms with Crippen molar-refractivity contribution in [1.29, 1.82) is 0 Å². The summed E-state index contributed by atoms with van der Waals surface area (Å²) in [6.45, 7) is 4.25. The van der Waals surface area contributed by atoms with Crippen molar-refractivity contribution >= 4 is 11.8 Å². The van der Waals surface area contributed by atoms with Gasteiger partial charge in [-0.05, 0) is 26.0 Å². The Morgan fingerprint density at radius 3 is 2.71 bits per heavy atom. The Labute approximate surface area is 140 Å². The summed E-state index contributed by atoms with van der Waals surface area (Å²) in [4.78, 5) is 25.7. The molecular weight excluding hydrogens is 311 g/mol. The number of benzene rings is 1. The Bertz CT molecular complexity index is 742. The molecule has 1 heterocycles. The van der Waals surface area contributed by atoms with Gasteiger partial charge in [0, 0.05) is 25.7 Å². The van der Waals surface area contributed by atoms with E-state index in [4.69, 9.17) is 0 Å². The Kier molecular flexibility index (Phi) is 5.68. The van der Waals surface area contributed by atoms with Crippen LogP contribution in [-0.4, -0.2) is 40.1 Å². The molecule has 6 nitrogen and oxygen atoms in total. The van der Waals surface area contributed by atoms with Crippen molar-refractivity contribution in [3.8, 4) is 0 Å². The van der Waals surface area contributed by atoms with Crippen molar-refractivity contribution in [2.24, 2.45) is 0 Å². The van der Waals surface area contributed by atoms with Gasteiger partial charge in [0.25, 0.3) is 5.91 Å². The molecule has 0 aliphatic carbocycles. The fourth-order valence-corrected chi connectivity index (χ4v) is 2.32. The number of halogens is 1. The molecule has 24 heavy (non-hydrogen) atoms. The van der Waals surface area contributed by atoms with Gasteiger partial charge in [-0.3, -0.25) is 14.3 Å². The maximum atomic E-state index is 13.6. The van der Waals surface area contributed by atoms with Gasteiger partial charge >= 0.3 is 0 Å². The topological polar surface area (TPSA) is 67.2 Å². The number of carbonyl (C=O) groups is 2. The van der Waals surface area contributed by atoms with E-state index in [0.717, 1.165) is 5.69 Å². The molecule has 0 saturated carbocycles. The molecule has 2 rings (SSSR count). The molecule has 0 aliphatic heterocycles. The summed E-state index contributed by atoms with van der Waals surface area (Å²) < 4.78 is 15.2. The molecule has 0 saturated heterocycles. The minimum atomic E-state index is -0.358. The molecule has 0 unspecified atom stereocenters. The van der Waals surface area contributed by atoms with E-state index in [1.165, 1.54) is 11.0 Å². The van der Waals surface area contributed by atoms with Crippen LogP contribution >= 0.6 is 0 Å². The van der Waals surface area contributed by atoms with Crippen LogP contribution in [0.5, 0.6) is 0 Å². The van der Waals surface area contributed by atoms with Crippen LogP contribution in [0, 0.1) is 12.7 Å². The lowest BCUT2D eigenvalue weighted by molar-refractivity contribution is -0.129. The lowest BCUT2D eigenvalue weighted by atomic mass is 10.2. The van der Waals surface area contributed by atoms with E-state index < -0.39 is 0 Å². The van der Waals surface area contributed by atoms with Gasteiger partial charge in [-0.2, -0.15) is 5.10 Å². The predicted octanol–water partition coefficient (Wildman–Crippen LogP) is 1.74. The van der Waals surface area contributed by atoms with Crippen molar-refractivity contribution in [3.63, 3.8) is 0 Å². The lowest BCUT2D eigenvalue weighted by Gasteiger charge is -2.18. The zero-order valence-electron chi connectivity index (χ0n) is 14.0. The van der Waals surface area contributed by atoms with Crippen LogP contribution in [-0.2, 0) is 17.9 Å². The second kappa shape index (κ2) is 7.72. The highest BCUT2D eigenvalue weighted by Gasteiger charge is 2.16. The molecule has 0 atom stereocenters. The first-order valence-corrected chi connectivity index (χ1v) is 7.72. The van der Waals surface area contributed by atoms with Crippen LogP contribution in [0.15, 0.2) is 30.3 Å². The number of rotatable bonds is 6. The van der Waals surface area contributed by atoms with Gasteiger partial charge in [0.2, 0.25) is 5.91 Å². The van der Waals surface area contributed by atoms with Gasteiger partial charge in [-0.25, -0.2) is 4.39 Å². The van der Waals surface area contributed by atoms with Gasteiger partial charge in [0.05, 0.1) is 12.2 Å². The van der Waals surface area contributed by atoms with Crippen LogP contribution in [0.2, 0.25) is 0 Å². The zero-order chi connectivity index (χ0) is 17.7. The van der Waals surface area contributed by atoms with Gasteiger partial charge in [-0.15, -0.1) is 0 Å². The van der Waals surface area contributed by atoms with E-state index in [2.05, 4.69) is 10.4 Å². The number of aryl methyl sites for hydroxylation is 2. The predicted molar refractivity (Wildman–Crippen MR) is 87.8 cm³/mol. The number of hydrogen-bond acceptors (Lipinski definition) is 3. The van der Waals surface area contributed by atoms with Crippen molar-refractivity contribution in [2.75, 3.05) is 13.6 Å². The van der Waals surface area contributed by atoms with Gasteiger partial charge in [0.1, 0.15) is 11.5 Å². The average Bonchev–Trinajstić information content (AvgIpc) is 2.95. The first-order valence-electron chi connectivity index (χ1n) is 7.72. The Hall–Kier alpha value is -2.70. The monoisotopic (exact) mass is 332 g/mol. The molecule has 1 aromatic carbocycles. The van der Waals surface area contributed by atoms with Gasteiger partial charge in [0.15, 0.2) is 0 Å². The third-order valence-electron chi connectivity index (χ3n) is 3.63. The number of nitrogens with zero attached hydrogens (tertiary/aromatic N) is 3. The summed E-state index contributed by atoms with van der Waals surface area (Å²) >= 11 is 0. The summed E-state index contributed by atoms with van der Waals surface area (Å²) in [6.07, 6.45) is 0. The maximum absolute atomic E-state index is 13.6. The summed E-state index contributed by atoms with van der Waals surface area (Å²) in [5.41, 5.74) is 1.59. The highest BCUT2D eigenvalue weighted by Crippen LogP contribution is 2.09. The number of hydrogen-bond donors (Lipinski definition) is 1. The van der Waals surface area contributed by atoms with Crippen LogP contribution in [0.3, 0.4) is 0 Å². The highest BCUT2D eigenvalue weighted by molar-refractivity contribution is 5.95. The Morgan fingerprint density at radius 2 is 2.04 bits per heavy atom. The zero-order valence-corrected chi connectivity index (χ0v) is 14.0. The van der Waals surface area contributed by atoms with E-state index in [-0.39, 0.29) is 30.7 Å². The molecule has 0 aliphatic rings. The van der Waals surface area contributed by atoms with Gasteiger partial charge < -0.3 is 10.2 Å². The van der Waals surface area contributed by atoms with Crippen molar-refractivity contribution in [1.82, 2.24) is 20.0 Å². The third kappa shape index (κ3) is 4.18. The summed E-state index contributed by atoms with van der Waals surface area (Å²) in [6, 6.07) is 7.96. The van der Waals surface area contributed by atoms with E-state index >= 15 is 0 Å². The summed E-state index contributed by atoms with van der Waals surface area (Å²) in [7, 11) is 1.57. The fourth-order valence-electron chi connectivity index (χ4n) is 2.32. The molecular formula is C17H21FN4O2. The van der Waals surface area contributed by atoms with Crippen molar-refractivity contribution < 1.29 is 14.0 Å². The fraction of sp³-hybridized carbons (Fsp3) is 0.353. The molecule has 0 spiro atoms. The average molecular weight is 332 g/mol. The van der Waals surface area contributed by atoms with E-state index in [1.807, 2.05) is 6.92 Å². The Balaban J connectivity index is 1.92. The third-order valence-corrected chi connectivity index (χ3v) is 3.63. The quantitative estimate of drug-likeness (QED) is 0.876. The summed E-state index contributed by atoms with van der Waals surface area (Å²) in [5.74, 6) is -1.01. The van der Waals surface area contributed by atoms with Crippen LogP contribution in [0.25, 0.3) is 0 Å². The SMILES string of the molecule is CCn1nc(C)cc1C(=O)NCC(=O)N(C)Cc1ccccc1F. The molecule has 7 heteroatoms. The second-order valence-electron chi connectivity index (χ2n) is 5.51. The molecule has 0 fully saturated rings. The number of carbonyl (C=O) groups excluding carboxylic acids is 2.